The zero-order chi connectivity index (χ0) is 8.27. The number of nitrogens with zero attached hydrogens (tertiary/aromatic N) is 3. The van der Waals surface area contributed by atoms with Gasteiger partial charge in [0.2, 0.25) is 5.62 Å². The molecule has 0 aliphatic heterocycles. The Morgan fingerprint density at radius 2 is 2.45 bits per heavy atom. The van der Waals surface area contributed by atoms with E-state index >= 15 is 0 Å². The zero-order valence-electron chi connectivity index (χ0n) is 6.78. The maximum atomic E-state index is 4.09. The van der Waals surface area contributed by atoms with Crippen LogP contribution < -0.4 is 5.62 Å². The summed E-state index contributed by atoms with van der Waals surface area (Å²) >= 11 is 0. The van der Waals surface area contributed by atoms with Crippen molar-refractivity contribution >= 4 is 6.20 Å². The lowest BCUT2D eigenvalue weighted by molar-refractivity contribution is 0.888. The van der Waals surface area contributed by atoms with Crippen molar-refractivity contribution in [1.29, 1.82) is 0 Å². The van der Waals surface area contributed by atoms with E-state index in [1.807, 2.05) is 13.1 Å². The third-order valence-corrected chi connectivity index (χ3v) is 1.35. The lowest BCUT2D eigenvalue weighted by atomic mass is 10.4. The Morgan fingerprint density at radius 1 is 1.73 bits per heavy atom. The maximum Gasteiger partial charge on any atom is 0.228 e. The highest BCUT2D eigenvalue weighted by molar-refractivity contribution is 5.17. The van der Waals surface area contributed by atoms with E-state index in [9.17, 15) is 0 Å². The second-order valence-electron chi connectivity index (χ2n) is 2.24. The average molecular weight is 149 g/mol. The van der Waals surface area contributed by atoms with E-state index in [1.165, 1.54) is 0 Å². The second kappa shape index (κ2) is 3.14. The van der Waals surface area contributed by atoms with Gasteiger partial charge in [-0.15, -0.1) is 0 Å². The van der Waals surface area contributed by atoms with Gasteiger partial charge in [-0.1, -0.05) is 6.58 Å². The molecule has 0 fully saturated rings. The van der Waals surface area contributed by atoms with Gasteiger partial charge in [-0.05, 0) is 12.5 Å². The molecule has 0 N–H and O–H groups in total. The summed E-state index contributed by atoms with van der Waals surface area (Å²) in [7, 11) is 1.71. The molecule has 0 saturated heterocycles. The number of hydrogen-bond donors (Lipinski definition) is 0. The zero-order valence-corrected chi connectivity index (χ0v) is 6.78. The van der Waals surface area contributed by atoms with Gasteiger partial charge in [0.1, 0.15) is 0 Å². The third-order valence-electron chi connectivity index (χ3n) is 1.35. The fourth-order valence-corrected chi connectivity index (χ4v) is 0.844. The fraction of sp³-hybridized carbons (Fsp3) is 0.250. The lowest BCUT2D eigenvalue weighted by Crippen LogP contribution is -2.19. The Labute approximate surface area is 65.7 Å². The van der Waals surface area contributed by atoms with E-state index in [1.54, 1.807) is 24.0 Å². The summed E-state index contributed by atoms with van der Waals surface area (Å²) in [6.07, 6.45) is 5.40. The molecular formula is C8H11N3. The fourth-order valence-electron chi connectivity index (χ4n) is 0.844. The first-order chi connectivity index (χ1) is 5.27. The number of aryl methyl sites for hydroxylation is 1. The van der Waals surface area contributed by atoms with Crippen molar-refractivity contribution in [3.63, 3.8) is 0 Å². The topological polar surface area (TPSA) is 30.2 Å². The number of hydrogen-bond acceptors (Lipinski definition) is 2. The van der Waals surface area contributed by atoms with Gasteiger partial charge in [-0.3, -0.25) is 9.56 Å². The summed E-state index contributed by atoms with van der Waals surface area (Å²) in [5, 5.41) is 0. The molecule has 1 aromatic rings. The van der Waals surface area contributed by atoms with Gasteiger partial charge < -0.3 is 0 Å². The van der Waals surface area contributed by atoms with Crippen molar-refractivity contribution in [3.8, 4) is 0 Å². The van der Waals surface area contributed by atoms with Crippen LogP contribution >= 0.6 is 0 Å². The first-order valence-corrected chi connectivity index (χ1v) is 3.38. The van der Waals surface area contributed by atoms with Crippen molar-refractivity contribution in [2.75, 3.05) is 7.05 Å². The smallest absolute Gasteiger partial charge is 0.228 e. The van der Waals surface area contributed by atoms with E-state index in [0.717, 1.165) is 5.56 Å². The molecule has 3 heteroatoms. The van der Waals surface area contributed by atoms with Crippen LogP contribution in [0, 0.1) is 6.92 Å². The second-order valence-corrected chi connectivity index (χ2v) is 2.24. The largest absolute Gasteiger partial charge is 0.293 e. The molecule has 3 nitrogen and oxygen atoms in total. The summed E-state index contributed by atoms with van der Waals surface area (Å²) in [4.78, 5) is 8.06. The molecule has 0 aromatic carbocycles. The van der Waals surface area contributed by atoms with Crippen molar-refractivity contribution in [2.45, 2.75) is 6.92 Å². The Hall–Kier alpha value is -1.38. The molecule has 0 saturated carbocycles. The molecule has 1 heterocycles. The van der Waals surface area contributed by atoms with Gasteiger partial charge >= 0.3 is 0 Å². The summed E-state index contributed by atoms with van der Waals surface area (Å²) < 4.78 is 1.79. The molecule has 58 valence electrons. The first kappa shape index (κ1) is 7.72. The van der Waals surface area contributed by atoms with Gasteiger partial charge in [0.15, 0.2) is 0 Å². The summed E-state index contributed by atoms with van der Waals surface area (Å²) in [6.45, 7) is 5.62. The van der Waals surface area contributed by atoms with Crippen LogP contribution in [0.25, 0.3) is 6.20 Å². The minimum Gasteiger partial charge on any atom is -0.293 e. The maximum absolute atomic E-state index is 4.09. The molecule has 0 radical (unpaired) electrons. The molecule has 0 amide bonds. The highest BCUT2D eigenvalue weighted by atomic mass is 15.1. The minimum atomic E-state index is 0.672. The minimum absolute atomic E-state index is 0.672. The summed E-state index contributed by atoms with van der Waals surface area (Å²) in [5.74, 6) is 0. The van der Waals surface area contributed by atoms with Crippen LogP contribution in [0.2, 0.25) is 0 Å². The van der Waals surface area contributed by atoms with E-state index < -0.39 is 0 Å². The molecule has 1 rings (SSSR count). The van der Waals surface area contributed by atoms with Crippen molar-refractivity contribution < 1.29 is 0 Å². The van der Waals surface area contributed by atoms with Crippen molar-refractivity contribution in [3.05, 3.63) is 30.2 Å². The predicted molar refractivity (Wildman–Crippen MR) is 44.8 cm³/mol. The van der Waals surface area contributed by atoms with Crippen LogP contribution in [-0.2, 0) is 0 Å². The van der Waals surface area contributed by atoms with Crippen LogP contribution in [0.3, 0.4) is 0 Å². The van der Waals surface area contributed by atoms with E-state index in [4.69, 9.17) is 0 Å². The normalized spacial score (nSPS) is 11.6. The molecule has 0 aliphatic rings. The van der Waals surface area contributed by atoms with E-state index in [-0.39, 0.29) is 0 Å². The van der Waals surface area contributed by atoms with Crippen LogP contribution in [0.1, 0.15) is 5.56 Å². The average Bonchev–Trinajstić information content (AvgIpc) is 2.04. The third kappa shape index (κ3) is 1.55. The van der Waals surface area contributed by atoms with Crippen molar-refractivity contribution in [1.82, 2.24) is 9.55 Å². The number of aromatic nitrogens is 2. The van der Waals surface area contributed by atoms with Crippen LogP contribution in [-0.4, -0.2) is 16.6 Å². The highest BCUT2D eigenvalue weighted by Crippen LogP contribution is 1.88. The monoisotopic (exact) mass is 149 g/mol. The Morgan fingerprint density at radius 3 is 3.00 bits per heavy atom. The molecule has 0 spiro atoms. The molecule has 0 bridgehead atoms. The van der Waals surface area contributed by atoms with Gasteiger partial charge in [-0.25, -0.2) is 4.98 Å². The SMILES string of the molecule is C=Cn1cc(C)cnc1=NC. The van der Waals surface area contributed by atoms with E-state index in [2.05, 4.69) is 16.6 Å². The predicted octanol–water partition coefficient (Wildman–Crippen LogP) is 0.823. The Bertz CT molecular complexity index is 322. The van der Waals surface area contributed by atoms with Crippen LogP contribution in [0.15, 0.2) is 24.0 Å². The van der Waals surface area contributed by atoms with Gasteiger partial charge in [-0.2, -0.15) is 0 Å². The summed E-state index contributed by atoms with van der Waals surface area (Å²) in [5.41, 5.74) is 1.77. The van der Waals surface area contributed by atoms with Crippen LogP contribution in [0.5, 0.6) is 0 Å². The summed E-state index contributed by atoms with van der Waals surface area (Å²) in [6, 6.07) is 0. The lowest BCUT2D eigenvalue weighted by Gasteiger charge is -1.99. The molecule has 0 aliphatic carbocycles. The van der Waals surface area contributed by atoms with Gasteiger partial charge in [0.05, 0.1) is 0 Å². The van der Waals surface area contributed by atoms with Crippen LogP contribution in [0.4, 0.5) is 0 Å². The van der Waals surface area contributed by atoms with Crippen molar-refractivity contribution in [2.24, 2.45) is 4.99 Å². The van der Waals surface area contributed by atoms with Gasteiger partial charge in [0.25, 0.3) is 0 Å². The van der Waals surface area contributed by atoms with E-state index in [0.29, 0.717) is 5.62 Å². The van der Waals surface area contributed by atoms with Gasteiger partial charge in [0, 0.05) is 25.6 Å². The molecule has 11 heavy (non-hydrogen) atoms. The highest BCUT2D eigenvalue weighted by Gasteiger charge is 1.88. The Kier molecular flexibility index (Phi) is 2.21. The quantitative estimate of drug-likeness (QED) is 0.581. The molecule has 0 atom stereocenters. The molecule has 1 aromatic heterocycles. The standard InChI is InChI=1S/C8H11N3/c1-4-11-6-7(2)5-10-8(11)9-3/h4-6H,1H2,2-3H3. The first-order valence-electron chi connectivity index (χ1n) is 3.38. The molecule has 0 unspecified atom stereocenters. The number of rotatable bonds is 1. The molecular weight excluding hydrogens is 138 g/mol. The Balaban J connectivity index is 3.40.